The Morgan fingerprint density at radius 1 is 0.938 bits per heavy atom. The third kappa shape index (κ3) is 9.57. The minimum atomic E-state index is 0.338. The molecule has 0 unspecified atom stereocenters. The Hall–Kier alpha value is -0.980. The zero-order valence-electron chi connectivity index (χ0n) is 11.0. The van der Waals surface area contributed by atoms with Crippen molar-refractivity contribution >= 4 is 0 Å². The van der Waals surface area contributed by atoms with E-state index < -0.39 is 0 Å². The summed E-state index contributed by atoms with van der Waals surface area (Å²) in [7, 11) is 0. The molecule has 0 amide bonds. The fourth-order valence-corrected chi connectivity index (χ4v) is 1.48. The zero-order valence-corrected chi connectivity index (χ0v) is 11.0. The van der Waals surface area contributed by atoms with Gasteiger partial charge in [-0.1, -0.05) is 64.5 Å². The quantitative estimate of drug-likeness (QED) is 0.690. The number of phenolic OH excluding ortho intramolecular Hbond substituents is 1. The maximum absolute atomic E-state index is 8.81. The maximum atomic E-state index is 8.81. The van der Waals surface area contributed by atoms with Crippen LogP contribution in [0, 0.1) is 6.92 Å². The normalized spacial score (nSPS) is 9.44. The summed E-state index contributed by atoms with van der Waals surface area (Å²) < 4.78 is 0. The molecule has 1 rings (SSSR count). The molecule has 0 saturated carbocycles. The van der Waals surface area contributed by atoms with Gasteiger partial charge in [0.25, 0.3) is 0 Å². The summed E-state index contributed by atoms with van der Waals surface area (Å²) >= 11 is 0. The molecule has 1 heteroatoms. The van der Waals surface area contributed by atoms with E-state index in [1.807, 2.05) is 19.1 Å². The second kappa shape index (κ2) is 10.5. The molecular weight excluding hydrogens is 196 g/mol. The van der Waals surface area contributed by atoms with Crippen molar-refractivity contribution in [2.45, 2.75) is 59.3 Å². The number of phenols is 1. The Morgan fingerprint density at radius 2 is 1.50 bits per heavy atom. The molecule has 0 saturated heterocycles. The summed E-state index contributed by atoms with van der Waals surface area (Å²) in [6.45, 7) is 6.46. The van der Waals surface area contributed by atoms with Crippen molar-refractivity contribution in [3.63, 3.8) is 0 Å². The lowest BCUT2D eigenvalue weighted by Gasteiger charge is -1.93. The number of benzene rings is 1. The van der Waals surface area contributed by atoms with Crippen molar-refractivity contribution in [1.29, 1.82) is 0 Å². The van der Waals surface area contributed by atoms with Crippen LogP contribution in [0.25, 0.3) is 0 Å². The van der Waals surface area contributed by atoms with Crippen molar-refractivity contribution in [3.8, 4) is 5.75 Å². The molecule has 0 aliphatic carbocycles. The number of rotatable bonds is 5. The van der Waals surface area contributed by atoms with Crippen molar-refractivity contribution < 1.29 is 5.11 Å². The van der Waals surface area contributed by atoms with Crippen LogP contribution < -0.4 is 0 Å². The zero-order chi connectivity index (χ0) is 12.2. The van der Waals surface area contributed by atoms with Crippen LogP contribution in [0.3, 0.4) is 0 Å². The van der Waals surface area contributed by atoms with Crippen LogP contribution in [0.15, 0.2) is 24.3 Å². The lowest BCUT2D eigenvalue weighted by molar-refractivity contribution is 0.475. The van der Waals surface area contributed by atoms with Crippen LogP contribution in [0.2, 0.25) is 0 Å². The molecule has 0 aliphatic rings. The lowest BCUT2D eigenvalue weighted by atomic mass is 10.1. The first-order chi connectivity index (χ1) is 7.70. The van der Waals surface area contributed by atoms with Gasteiger partial charge in [0.2, 0.25) is 0 Å². The first kappa shape index (κ1) is 15.0. The minimum absolute atomic E-state index is 0.338. The number of hydrogen-bond acceptors (Lipinski definition) is 1. The van der Waals surface area contributed by atoms with E-state index in [9.17, 15) is 0 Å². The van der Waals surface area contributed by atoms with Gasteiger partial charge >= 0.3 is 0 Å². The van der Waals surface area contributed by atoms with Gasteiger partial charge in [-0.15, -0.1) is 0 Å². The molecule has 0 spiro atoms. The second-order valence-corrected chi connectivity index (χ2v) is 4.25. The van der Waals surface area contributed by atoms with Crippen LogP contribution in [-0.2, 0) is 0 Å². The standard InChI is InChI=1S/C8H18.C7H8O/c1-3-5-7-8-6-4-2;1-6-3-2-4-7(8)5-6/h3-8H2,1-2H3;2-5,8H,1H3. The fourth-order valence-electron chi connectivity index (χ4n) is 1.48. The fraction of sp³-hybridized carbons (Fsp3) is 0.600. The molecule has 0 atom stereocenters. The Morgan fingerprint density at radius 3 is 1.81 bits per heavy atom. The number of aromatic hydroxyl groups is 1. The Balaban J connectivity index is 0.000000281. The maximum Gasteiger partial charge on any atom is 0.115 e. The van der Waals surface area contributed by atoms with E-state index in [0.717, 1.165) is 5.56 Å². The smallest absolute Gasteiger partial charge is 0.115 e. The Kier molecular flexibility index (Phi) is 9.89. The van der Waals surface area contributed by atoms with Crippen LogP contribution in [0.1, 0.15) is 57.9 Å². The molecule has 1 aromatic rings. The average molecular weight is 222 g/mol. The van der Waals surface area contributed by atoms with Crippen molar-refractivity contribution in [2.75, 3.05) is 0 Å². The lowest BCUT2D eigenvalue weighted by Crippen LogP contribution is -1.73. The largest absolute Gasteiger partial charge is 0.508 e. The highest BCUT2D eigenvalue weighted by atomic mass is 16.3. The molecule has 1 aromatic carbocycles. The SMILES string of the molecule is CCCCCCCC.Cc1cccc(O)c1. The average Bonchev–Trinajstić information content (AvgIpc) is 2.25. The summed E-state index contributed by atoms with van der Waals surface area (Å²) in [6, 6.07) is 7.15. The highest BCUT2D eigenvalue weighted by Gasteiger charge is 1.84. The van der Waals surface area contributed by atoms with Gasteiger partial charge in [0.1, 0.15) is 5.75 Å². The van der Waals surface area contributed by atoms with Gasteiger partial charge in [-0.25, -0.2) is 0 Å². The molecule has 0 radical (unpaired) electrons. The predicted molar refractivity (Wildman–Crippen MR) is 71.9 cm³/mol. The van der Waals surface area contributed by atoms with Crippen LogP contribution >= 0.6 is 0 Å². The molecule has 16 heavy (non-hydrogen) atoms. The summed E-state index contributed by atoms with van der Waals surface area (Å²) in [5.41, 5.74) is 1.09. The first-order valence-corrected chi connectivity index (χ1v) is 6.46. The minimum Gasteiger partial charge on any atom is -0.508 e. The van der Waals surface area contributed by atoms with Gasteiger partial charge in [-0.05, 0) is 24.6 Å². The van der Waals surface area contributed by atoms with Crippen LogP contribution in [0.4, 0.5) is 0 Å². The van der Waals surface area contributed by atoms with Gasteiger partial charge < -0.3 is 5.11 Å². The summed E-state index contributed by atoms with van der Waals surface area (Å²) in [5, 5.41) is 8.81. The molecule has 0 aliphatic heterocycles. The van der Waals surface area contributed by atoms with Crippen molar-refractivity contribution in [1.82, 2.24) is 0 Å². The third-order valence-corrected chi connectivity index (χ3v) is 2.46. The second-order valence-electron chi connectivity index (χ2n) is 4.25. The number of hydrogen-bond donors (Lipinski definition) is 1. The molecule has 0 aromatic heterocycles. The highest BCUT2D eigenvalue weighted by Crippen LogP contribution is 2.08. The van der Waals surface area contributed by atoms with Crippen LogP contribution in [0.5, 0.6) is 5.75 Å². The molecule has 1 N–H and O–H groups in total. The van der Waals surface area contributed by atoms with E-state index >= 15 is 0 Å². The van der Waals surface area contributed by atoms with E-state index in [1.165, 1.54) is 38.5 Å². The van der Waals surface area contributed by atoms with Gasteiger partial charge in [-0.2, -0.15) is 0 Å². The van der Waals surface area contributed by atoms with Crippen molar-refractivity contribution in [3.05, 3.63) is 29.8 Å². The number of unbranched alkanes of at least 4 members (excludes halogenated alkanes) is 5. The summed E-state index contributed by atoms with van der Waals surface area (Å²) in [5.74, 6) is 0.338. The Labute approximate surface area is 101 Å². The molecule has 0 heterocycles. The van der Waals surface area contributed by atoms with E-state index in [-0.39, 0.29) is 0 Å². The van der Waals surface area contributed by atoms with Gasteiger partial charge in [-0.3, -0.25) is 0 Å². The van der Waals surface area contributed by atoms with E-state index in [1.54, 1.807) is 12.1 Å². The van der Waals surface area contributed by atoms with E-state index in [4.69, 9.17) is 5.11 Å². The summed E-state index contributed by atoms with van der Waals surface area (Å²) in [6.07, 6.45) is 8.49. The van der Waals surface area contributed by atoms with Gasteiger partial charge in [0, 0.05) is 0 Å². The van der Waals surface area contributed by atoms with Crippen LogP contribution in [-0.4, -0.2) is 5.11 Å². The van der Waals surface area contributed by atoms with E-state index in [2.05, 4.69) is 13.8 Å². The Bertz CT molecular complexity index is 232. The first-order valence-electron chi connectivity index (χ1n) is 6.46. The monoisotopic (exact) mass is 222 g/mol. The number of aryl methyl sites for hydroxylation is 1. The molecule has 1 nitrogen and oxygen atoms in total. The molecular formula is C15H26O. The third-order valence-electron chi connectivity index (χ3n) is 2.46. The van der Waals surface area contributed by atoms with Gasteiger partial charge in [0.15, 0.2) is 0 Å². The topological polar surface area (TPSA) is 20.2 Å². The molecule has 0 bridgehead atoms. The van der Waals surface area contributed by atoms with Gasteiger partial charge in [0.05, 0.1) is 0 Å². The molecule has 92 valence electrons. The summed E-state index contributed by atoms with van der Waals surface area (Å²) in [4.78, 5) is 0. The van der Waals surface area contributed by atoms with Crippen molar-refractivity contribution in [2.24, 2.45) is 0 Å². The van der Waals surface area contributed by atoms with E-state index in [0.29, 0.717) is 5.75 Å². The molecule has 0 fully saturated rings. The highest BCUT2D eigenvalue weighted by molar-refractivity contribution is 5.25. The predicted octanol–water partition coefficient (Wildman–Crippen LogP) is 5.07.